The topological polar surface area (TPSA) is 84.7 Å². The zero-order valence-electron chi connectivity index (χ0n) is 15.7. The van der Waals surface area contributed by atoms with Crippen molar-refractivity contribution in [2.24, 2.45) is 11.7 Å². The second kappa shape index (κ2) is 8.86. The molecule has 0 aromatic heterocycles. The number of primary amides is 1. The Hall–Kier alpha value is -2.60. The monoisotopic (exact) mass is 369 g/mol. The minimum Gasteiger partial charge on any atom is -0.446 e. The fraction of sp³-hybridized carbons (Fsp3) is 0.429. The first-order valence-electron chi connectivity index (χ1n) is 9.42. The quantitative estimate of drug-likeness (QED) is 0.820. The standard InChI is InChI=1S/C21H27N3O3/c1-23-20(25)13-19(27-21(22)26)17-8-10-24(11-9-17)14-15-6-7-16-4-2-3-5-18(16)12-15/h2-7,12,17,19H,8-11,13-14H2,1H3,(H2,22,26)(H,23,25). The molecule has 27 heavy (non-hydrogen) atoms. The molecular weight excluding hydrogens is 342 g/mol. The number of fused-ring (bicyclic) bond motifs is 1. The van der Waals surface area contributed by atoms with E-state index in [1.165, 1.54) is 16.3 Å². The van der Waals surface area contributed by atoms with Crippen molar-refractivity contribution in [2.45, 2.75) is 31.9 Å². The Labute approximate surface area is 159 Å². The zero-order chi connectivity index (χ0) is 19.2. The summed E-state index contributed by atoms with van der Waals surface area (Å²) < 4.78 is 5.22. The Bertz CT molecular complexity index is 800. The number of piperidine rings is 1. The third-order valence-corrected chi connectivity index (χ3v) is 5.31. The Morgan fingerprint density at radius 2 is 1.89 bits per heavy atom. The fourth-order valence-corrected chi connectivity index (χ4v) is 3.82. The summed E-state index contributed by atoms with van der Waals surface area (Å²) in [6.45, 7) is 2.71. The van der Waals surface area contributed by atoms with Gasteiger partial charge in [-0.15, -0.1) is 0 Å². The highest BCUT2D eigenvalue weighted by atomic mass is 16.6. The maximum Gasteiger partial charge on any atom is 0.404 e. The van der Waals surface area contributed by atoms with E-state index < -0.39 is 12.2 Å². The van der Waals surface area contributed by atoms with E-state index >= 15 is 0 Å². The lowest BCUT2D eigenvalue weighted by atomic mass is 9.89. The van der Waals surface area contributed by atoms with Gasteiger partial charge in [-0.3, -0.25) is 9.69 Å². The van der Waals surface area contributed by atoms with Gasteiger partial charge in [-0.2, -0.15) is 0 Å². The van der Waals surface area contributed by atoms with E-state index in [0.29, 0.717) is 0 Å². The lowest BCUT2D eigenvalue weighted by molar-refractivity contribution is -0.123. The second-order valence-corrected chi connectivity index (χ2v) is 7.15. The molecule has 0 bridgehead atoms. The van der Waals surface area contributed by atoms with E-state index in [-0.39, 0.29) is 18.2 Å². The van der Waals surface area contributed by atoms with E-state index in [9.17, 15) is 9.59 Å². The van der Waals surface area contributed by atoms with Gasteiger partial charge in [0.1, 0.15) is 6.10 Å². The average Bonchev–Trinajstić information content (AvgIpc) is 2.67. The summed E-state index contributed by atoms with van der Waals surface area (Å²) in [4.78, 5) is 25.3. The van der Waals surface area contributed by atoms with Crippen molar-refractivity contribution in [3.63, 3.8) is 0 Å². The van der Waals surface area contributed by atoms with Crippen LogP contribution in [0, 0.1) is 5.92 Å². The molecule has 1 unspecified atom stereocenters. The molecule has 3 rings (SSSR count). The first kappa shape index (κ1) is 19.2. The normalized spacial score (nSPS) is 16.8. The van der Waals surface area contributed by atoms with Gasteiger partial charge in [-0.25, -0.2) is 4.79 Å². The van der Waals surface area contributed by atoms with Crippen LogP contribution >= 0.6 is 0 Å². The molecule has 0 radical (unpaired) electrons. The maximum absolute atomic E-state index is 11.7. The Balaban J connectivity index is 1.57. The molecule has 2 aromatic carbocycles. The predicted octanol–water partition coefficient (Wildman–Crippen LogP) is 2.65. The van der Waals surface area contributed by atoms with Crippen LogP contribution in [-0.2, 0) is 16.1 Å². The van der Waals surface area contributed by atoms with Crippen LogP contribution in [0.1, 0.15) is 24.8 Å². The number of hydrogen-bond donors (Lipinski definition) is 2. The largest absolute Gasteiger partial charge is 0.446 e. The van der Waals surface area contributed by atoms with E-state index in [0.717, 1.165) is 32.5 Å². The molecule has 0 aliphatic carbocycles. The Morgan fingerprint density at radius 3 is 2.56 bits per heavy atom. The van der Waals surface area contributed by atoms with Crippen molar-refractivity contribution in [1.29, 1.82) is 0 Å². The first-order chi connectivity index (χ1) is 13.0. The molecule has 1 heterocycles. The van der Waals surface area contributed by atoms with Gasteiger partial charge < -0.3 is 15.8 Å². The number of benzene rings is 2. The number of nitrogens with zero attached hydrogens (tertiary/aromatic N) is 1. The Kier molecular flexibility index (Phi) is 6.29. The van der Waals surface area contributed by atoms with Crippen LogP contribution in [-0.4, -0.2) is 43.1 Å². The van der Waals surface area contributed by atoms with Gasteiger partial charge in [0.2, 0.25) is 5.91 Å². The minimum absolute atomic E-state index is 0.139. The van der Waals surface area contributed by atoms with Gasteiger partial charge in [-0.1, -0.05) is 36.4 Å². The molecule has 2 amide bonds. The van der Waals surface area contributed by atoms with Gasteiger partial charge in [-0.05, 0) is 54.3 Å². The lowest BCUT2D eigenvalue weighted by Gasteiger charge is -2.35. The van der Waals surface area contributed by atoms with E-state index in [1.807, 2.05) is 0 Å². The van der Waals surface area contributed by atoms with Gasteiger partial charge in [0, 0.05) is 13.6 Å². The van der Waals surface area contributed by atoms with Gasteiger partial charge >= 0.3 is 6.09 Å². The molecule has 0 saturated carbocycles. The highest BCUT2D eigenvalue weighted by Gasteiger charge is 2.30. The maximum atomic E-state index is 11.7. The molecule has 3 N–H and O–H groups in total. The number of ether oxygens (including phenoxy) is 1. The van der Waals surface area contributed by atoms with Gasteiger partial charge in [0.25, 0.3) is 0 Å². The molecular formula is C21H27N3O3. The summed E-state index contributed by atoms with van der Waals surface area (Å²) in [7, 11) is 1.58. The van der Waals surface area contributed by atoms with Crippen LogP contribution in [0.2, 0.25) is 0 Å². The molecule has 1 aliphatic rings. The smallest absolute Gasteiger partial charge is 0.404 e. The molecule has 1 atom stereocenters. The molecule has 1 aliphatic heterocycles. The third-order valence-electron chi connectivity index (χ3n) is 5.31. The number of hydrogen-bond acceptors (Lipinski definition) is 4. The number of rotatable bonds is 6. The number of likely N-dealkylation sites (tertiary alicyclic amines) is 1. The van der Waals surface area contributed by atoms with Crippen LogP contribution in [0.4, 0.5) is 4.79 Å². The molecule has 0 spiro atoms. The van der Waals surface area contributed by atoms with E-state index in [2.05, 4.69) is 52.7 Å². The minimum atomic E-state index is -0.817. The predicted molar refractivity (Wildman–Crippen MR) is 105 cm³/mol. The summed E-state index contributed by atoms with van der Waals surface area (Å²) >= 11 is 0. The third kappa shape index (κ3) is 5.20. The van der Waals surface area contributed by atoms with Crippen LogP contribution in [0.25, 0.3) is 10.8 Å². The number of carbonyl (C=O) groups is 2. The van der Waals surface area contributed by atoms with Crippen molar-refractivity contribution in [3.8, 4) is 0 Å². The highest BCUT2D eigenvalue weighted by molar-refractivity contribution is 5.83. The fourth-order valence-electron chi connectivity index (χ4n) is 3.82. The van der Waals surface area contributed by atoms with Crippen LogP contribution in [0.3, 0.4) is 0 Å². The number of nitrogens with two attached hydrogens (primary N) is 1. The lowest BCUT2D eigenvalue weighted by Crippen LogP contribution is -2.41. The van der Waals surface area contributed by atoms with Crippen LogP contribution in [0.15, 0.2) is 42.5 Å². The summed E-state index contributed by atoms with van der Waals surface area (Å²) in [6, 6.07) is 15.0. The summed E-state index contributed by atoms with van der Waals surface area (Å²) in [5.41, 5.74) is 6.48. The van der Waals surface area contributed by atoms with Crippen LogP contribution < -0.4 is 11.1 Å². The average molecular weight is 369 g/mol. The molecule has 6 heteroatoms. The van der Waals surface area contributed by atoms with Crippen LogP contribution in [0.5, 0.6) is 0 Å². The van der Waals surface area contributed by atoms with Gasteiger partial charge in [0.05, 0.1) is 6.42 Å². The van der Waals surface area contributed by atoms with Crippen molar-refractivity contribution in [3.05, 3.63) is 48.0 Å². The molecule has 6 nitrogen and oxygen atoms in total. The SMILES string of the molecule is CNC(=O)CC(OC(N)=O)C1CCN(Cc2ccc3ccccc3c2)CC1. The number of amides is 2. The van der Waals surface area contributed by atoms with Gasteiger partial charge in [0.15, 0.2) is 0 Å². The summed E-state index contributed by atoms with van der Waals surface area (Å²) in [6.07, 6.45) is 0.646. The molecule has 144 valence electrons. The molecule has 1 fully saturated rings. The van der Waals surface area contributed by atoms with Crippen molar-refractivity contribution >= 4 is 22.8 Å². The van der Waals surface area contributed by atoms with Crippen molar-refractivity contribution in [1.82, 2.24) is 10.2 Å². The van der Waals surface area contributed by atoms with Crippen molar-refractivity contribution in [2.75, 3.05) is 20.1 Å². The Morgan fingerprint density at radius 1 is 1.19 bits per heavy atom. The highest BCUT2D eigenvalue weighted by Crippen LogP contribution is 2.26. The summed E-state index contributed by atoms with van der Waals surface area (Å²) in [5, 5.41) is 5.09. The zero-order valence-corrected chi connectivity index (χ0v) is 15.7. The number of nitrogens with one attached hydrogen (secondary N) is 1. The molecule has 2 aromatic rings. The van der Waals surface area contributed by atoms with E-state index in [4.69, 9.17) is 10.5 Å². The molecule has 1 saturated heterocycles. The van der Waals surface area contributed by atoms with E-state index in [1.54, 1.807) is 7.05 Å². The summed E-state index contributed by atoms with van der Waals surface area (Å²) in [5.74, 6) is 0.0162. The first-order valence-corrected chi connectivity index (χ1v) is 9.42. The second-order valence-electron chi connectivity index (χ2n) is 7.15. The number of carbonyl (C=O) groups excluding carboxylic acids is 2. The van der Waals surface area contributed by atoms with Crippen molar-refractivity contribution < 1.29 is 14.3 Å².